The third-order valence-electron chi connectivity index (χ3n) is 5.84. The molecule has 1 unspecified atom stereocenters. The van der Waals surface area contributed by atoms with Crippen LogP contribution in [-0.4, -0.2) is 41.0 Å². The van der Waals surface area contributed by atoms with Gasteiger partial charge in [-0.15, -0.1) is 0 Å². The molecule has 1 atom stereocenters. The number of carbonyl (C=O) groups excluding carboxylic acids is 1. The molecule has 4 aromatic rings. The third-order valence-corrected chi connectivity index (χ3v) is 5.84. The van der Waals surface area contributed by atoms with E-state index in [1.54, 1.807) is 42.5 Å². The van der Waals surface area contributed by atoms with Gasteiger partial charge in [0.25, 0.3) is 5.91 Å². The highest BCUT2D eigenvalue weighted by molar-refractivity contribution is 6.11. The molecule has 0 radical (unpaired) electrons. The molecule has 0 aliphatic carbocycles. The Balaban J connectivity index is 1.35. The summed E-state index contributed by atoms with van der Waals surface area (Å²) in [5.41, 5.74) is 0.507. The van der Waals surface area contributed by atoms with Gasteiger partial charge >= 0.3 is 6.18 Å². The van der Waals surface area contributed by atoms with E-state index in [1.807, 2.05) is 13.8 Å². The summed E-state index contributed by atoms with van der Waals surface area (Å²) in [6, 6.07) is 16.9. The molecular formula is C27H24F3N3O4. The summed E-state index contributed by atoms with van der Waals surface area (Å²) >= 11 is 0. The summed E-state index contributed by atoms with van der Waals surface area (Å²) in [6.45, 7) is 4.38. The van der Waals surface area contributed by atoms with E-state index in [0.29, 0.717) is 23.6 Å². The van der Waals surface area contributed by atoms with Crippen molar-refractivity contribution in [3.63, 3.8) is 0 Å². The predicted octanol–water partition coefficient (Wildman–Crippen LogP) is 6.03. The zero-order chi connectivity index (χ0) is 26.2. The van der Waals surface area contributed by atoms with Crippen molar-refractivity contribution < 1.29 is 32.2 Å². The van der Waals surface area contributed by atoms with Crippen LogP contribution in [0, 0.1) is 0 Å². The number of carbonyl (C=O) groups is 1. The molecule has 2 heterocycles. The van der Waals surface area contributed by atoms with Crippen LogP contribution >= 0.6 is 0 Å². The molecule has 1 amide bonds. The lowest BCUT2D eigenvalue weighted by atomic mass is 10.1. The average Bonchev–Trinajstić information content (AvgIpc) is 3.45. The highest BCUT2D eigenvalue weighted by atomic mass is 19.4. The fourth-order valence-electron chi connectivity index (χ4n) is 4.18. The number of ether oxygens (including phenoxy) is 3. The normalized spacial score (nSPS) is 17.2. The molecule has 1 saturated heterocycles. The van der Waals surface area contributed by atoms with Gasteiger partial charge in [-0.05, 0) is 44.2 Å². The second kappa shape index (κ2) is 9.53. The van der Waals surface area contributed by atoms with Crippen molar-refractivity contribution in [1.29, 1.82) is 0 Å². The van der Waals surface area contributed by atoms with Crippen LogP contribution in [0.1, 0.15) is 29.8 Å². The molecule has 0 bridgehead atoms. The molecular weight excluding hydrogens is 487 g/mol. The first kappa shape index (κ1) is 24.8. The minimum atomic E-state index is -4.55. The number of H-pyrrole nitrogens is 1. The smallest absolute Gasteiger partial charge is 0.417 e. The predicted molar refractivity (Wildman–Crippen MR) is 131 cm³/mol. The number of fused-ring (bicyclic) bond motifs is 1. The number of hydrogen-bond donors (Lipinski definition) is 2. The van der Waals surface area contributed by atoms with E-state index in [9.17, 15) is 18.0 Å². The van der Waals surface area contributed by atoms with Gasteiger partial charge in [0.1, 0.15) is 29.8 Å². The molecule has 0 spiro atoms. The zero-order valence-corrected chi connectivity index (χ0v) is 20.1. The van der Waals surface area contributed by atoms with Gasteiger partial charge in [0.2, 0.25) is 0 Å². The first-order chi connectivity index (χ1) is 17.6. The SMILES string of the molecule is CC1(C)OCC(COc2cccc(NC(=O)c3cccc4[nH]c(-c5ccccc5C(F)(F)F)nc34)c2)O1. The highest BCUT2D eigenvalue weighted by Gasteiger charge is 2.34. The molecule has 3 aromatic carbocycles. The molecule has 1 aromatic heterocycles. The van der Waals surface area contributed by atoms with Crippen LogP contribution in [-0.2, 0) is 15.7 Å². The number of alkyl halides is 3. The number of halogens is 3. The number of aromatic amines is 1. The van der Waals surface area contributed by atoms with Crippen molar-refractivity contribution in [3.05, 3.63) is 77.9 Å². The number of nitrogens with one attached hydrogen (secondary N) is 2. The van der Waals surface area contributed by atoms with Crippen molar-refractivity contribution in [2.45, 2.75) is 31.9 Å². The lowest BCUT2D eigenvalue weighted by molar-refractivity contribution is -0.141. The van der Waals surface area contributed by atoms with Crippen molar-refractivity contribution in [3.8, 4) is 17.1 Å². The molecule has 2 N–H and O–H groups in total. The van der Waals surface area contributed by atoms with Crippen LogP contribution in [0.25, 0.3) is 22.4 Å². The summed E-state index contributed by atoms with van der Waals surface area (Å²) < 4.78 is 57.6. The van der Waals surface area contributed by atoms with Gasteiger partial charge in [-0.3, -0.25) is 4.79 Å². The van der Waals surface area contributed by atoms with E-state index in [-0.39, 0.29) is 35.2 Å². The van der Waals surface area contributed by atoms with Crippen molar-refractivity contribution in [2.24, 2.45) is 0 Å². The van der Waals surface area contributed by atoms with Crippen LogP contribution < -0.4 is 10.1 Å². The molecule has 192 valence electrons. The number of nitrogens with zero attached hydrogens (tertiary/aromatic N) is 1. The Labute approximate surface area is 210 Å². The standard InChI is InChI=1S/C27H24F3N3O4/c1-26(2)36-15-18(37-26)14-35-17-8-5-7-16(13-17)31-25(34)20-10-6-12-22-23(20)33-24(32-22)19-9-3-4-11-21(19)27(28,29)30/h3-13,18H,14-15H2,1-2H3,(H,31,34)(H,32,33). The molecule has 10 heteroatoms. The Morgan fingerprint density at radius 2 is 1.92 bits per heavy atom. The van der Waals surface area contributed by atoms with E-state index in [0.717, 1.165) is 6.07 Å². The largest absolute Gasteiger partial charge is 0.491 e. The third kappa shape index (κ3) is 5.45. The number of aromatic nitrogens is 2. The Bertz CT molecular complexity index is 1450. The van der Waals surface area contributed by atoms with E-state index in [2.05, 4.69) is 15.3 Å². The molecule has 37 heavy (non-hydrogen) atoms. The quantitative estimate of drug-likeness (QED) is 0.330. The summed E-state index contributed by atoms with van der Waals surface area (Å²) in [5, 5.41) is 2.81. The highest BCUT2D eigenvalue weighted by Crippen LogP contribution is 2.36. The number of anilines is 1. The van der Waals surface area contributed by atoms with Crippen LogP contribution in [0.4, 0.5) is 18.9 Å². The molecule has 0 saturated carbocycles. The summed E-state index contributed by atoms with van der Waals surface area (Å²) in [4.78, 5) is 20.4. The van der Waals surface area contributed by atoms with Gasteiger partial charge in [0, 0.05) is 17.3 Å². The number of amides is 1. The minimum Gasteiger partial charge on any atom is -0.491 e. The van der Waals surface area contributed by atoms with E-state index in [4.69, 9.17) is 14.2 Å². The topological polar surface area (TPSA) is 85.5 Å². The zero-order valence-electron chi connectivity index (χ0n) is 20.1. The Morgan fingerprint density at radius 1 is 1.14 bits per heavy atom. The maximum Gasteiger partial charge on any atom is 0.417 e. The van der Waals surface area contributed by atoms with Gasteiger partial charge in [0.15, 0.2) is 5.79 Å². The Hall–Kier alpha value is -3.89. The molecule has 1 aliphatic rings. The minimum absolute atomic E-state index is 0.0276. The first-order valence-corrected chi connectivity index (χ1v) is 11.6. The number of benzene rings is 3. The summed E-state index contributed by atoms with van der Waals surface area (Å²) in [5.74, 6) is -0.541. The van der Waals surface area contributed by atoms with Crippen LogP contribution in [0.3, 0.4) is 0 Å². The fraction of sp³-hybridized carbons (Fsp3) is 0.259. The monoisotopic (exact) mass is 511 g/mol. The van der Waals surface area contributed by atoms with Gasteiger partial charge in [0.05, 0.1) is 23.3 Å². The number of para-hydroxylation sites is 1. The maximum atomic E-state index is 13.5. The molecule has 5 rings (SSSR count). The average molecular weight is 512 g/mol. The lowest BCUT2D eigenvalue weighted by Gasteiger charge is -2.17. The van der Waals surface area contributed by atoms with E-state index < -0.39 is 23.4 Å². The second-order valence-corrected chi connectivity index (χ2v) is 9.07. The van der Waals surface area contributed by atoms with Crippen LogP contribution in [0.15, 0.2) is 66.7 Å². The molecule has 7 nitrogen and oxygen atoms in total. The van der Waals surface area contributed by atoms with Crippen molar-refractivity contribution >= 4 is 22.6 Å². The van der Waals surface area contributed by atoms with Crippen molar-refractivity contribution in [1.82, 2.24) is 9.97 Å². The van der Waals surface area contributed by atoms with Gasteiger partial charge in [-0.25, -0.2) is 4.98 Å². The Kier molecular flexibility index (Phi) is 6.38. The maximum absolute atomic E-state index is 13.5. The van der Waals surface area contributed by atoms with Gasteiger partial charge in [-0.1, -0.05) is 30.3 Å². The fourth-order valence-corrected chi connectivity index (χ4v) is 4.18. The first-order valence-electron chi connectivity index (χ1n) is 11.6. The number of hydrogen-bond acceptors (Lipinski definition) is 5. The lowest BCUT2D eigenvalue weighted by Crippen LogP contribution is -2.25. The number of imidazole rings is 1. The van der Waals surface area contributed by atoms with Crippen LogP contribution in [0.2, 0.25) is 0 Å². The van der Waals surface area contributed by atoms with E-state index >= 15 is 0 Å². The van der Waals surface area contributed by atoms with Crippen LogP contribution in [0.5, 0.6) is 5.75 Å². The number of rotatable bonds is 6. The second-order valence-electron chi connectivity index (χ2n) is 9.07. The summed E-state index contributed by atoms with van der Waals surface area (Å²) in [6.07, 6.45) is -4.75. The van der Waals surface area contributed by atoms with Gasteiger partial charge < -0.3 is 24.5 Å². The molecule has 1 fully saturated rings. The summed E-state index contributed by atoms with van der Waals surface area (Å²) in [7, 11) is 0. The Morgan fingerprint density at radius 3 is 2.68 bits per heavy atom. The van der Waals surface area contributed by atoms with E-state index in [1.165, 1.54) is 18.2 Å². The van der Waals surface area contributed by atoms with Crippen molar-refractivity contribution in [2.75, 3.05) is 18.5 Å². The molecule has 1 aliphatic heterocycles. The van der Waals surface area contributed by atoms with Gasteiger partial charge in [-0.2, -0.15) is 13.2 Å².